The molecule has 1 aliphatic carbocycles. The predicted molar refractivity (Wildman–Crippen MR) is 74.5 cm³/mol. The number of thioether (sulfide) groups is 1. The molecule has 17 heavy (non-hydrogen) atoms. The quantitative estimate of drug-likeness (QED) is 0.751. The Morgan fingerprint density at radius 2 is 2.29 bits per heavy atom. The Morgan fingerprint density at radius 1 is 1.53 bits per heavy atom. The van der Waals surface area contributed by atoms with Crippen molar-refractivity contribution in [2.45, 2.75) is 44.4 Å². The van der Waals surface area contributed by atoms with Crippen LogP contribution < -0.4 is 5.32 Å². The van der Waals surface area contributed by atoms with Crippen molar-refractivity contribution in [1.29, 1.82) is 0 Å². The van der Waals surface area contributed by atoms with Gasteiger partial charge in [-0.15, -0.1) is 0 Å². The maximum absolute atomic E-state index is 5.84. The molecule has 2 nitrogen and oxygen atoms in total. The van der Waals surface area contributed by atoms with Crippen LogP contribution in [0, 0.1) is 5.92 Å². The van der Waals surface area contributed by atoms with Crippen LogP contribution in [0.2, 0.25) is 0 Å². The van der Waals surface area contributed by atoms with Gasteiger partial charge < -0.3 is 9.73 Å². The smallest absolute Gasteiger partial charge is 0.117 e. The SMILES string of the molecule is CSC(C)CCNCc1ccc(C2CC2C)o1. The van der Waals surface area contributed by atoms with Crippen LogP contribution in [0.1, 0.15) is 44.1 Å². The lowest BCUT2D eigenvalue weighted by Gasteiger charge is -2.07. The monoisotopic (exact) mass is 253 g/mol. The Balaban J connectivity index is 1.67. The van der Waals surface area contributed by atoms with Crippen molar-refractivity contribution in [2.75, 3.05) is 12.8 Å². The first kappa shape index (κ1) is 13.0. The van der Waals surface area contributed by atoms with E-state index in [9.17, 15) is 0 Å². The van der Waals surface area contributed by atoms with Crippen molar-refractivity contribution in [3.05, 3.63) is 23.7 Å². The molecule has 2 rings (SSSR count). The summed E-state index contributed by atoms with van der Waals surface area (Å²) in [5.74, 6) is 3.78. The molecule has 96 valence electrons. The highest BCUT2D eigenvalue weighted by molar-refractivity contribution is 7.99. The summed E-state index contributed by atoms with van der Waals surface area (Å²) in [6, 6.07) is 4.26. The summed E-state index contributed by atoms with van der Waals surface area (Å²) >= 11 is 1.92. The van der Waals surface area contributed by atoms with Crippen LogP contribution in [0.15, 0.2) is 16.5 Å². The number of nitrogens with one attached hydrogen (secondary N) is 1. The van der Waals surface area contributed by atoms with Crippen LogP contribution in [0.5, 0.6) is 0 Å². The fraction of sp³-hybridized carbons (Fsp3) is 0.714. The fourth-order valence-electron chi connectivity index (χ4n) is 2.04. The lowest BCUT2D eigenvalue weighted by atomic mass is 10.3. The second kappa shape index (κ2) is 5.96. The highest BCUT2D eigenvalue weighted by atomic mass is 32.2. The summed E-state index contributed by atoms with van der Waals surface area (Å²) in [6.07, 6.45) is 4.68. The second-order valence-corrected chi connectivity index (χ2v) is 6.41. The third-order valence-electron chi connectivity index (χ3n) is 3.59. The topological polar surface area (TPSA) is 25.2 Å². The average Bonchev–Trinajstić information content (AvgIpc) is 2.89. The fourth-order valence-corrected chi connectivity index (χ4v) is 2.40. The van der Waals surface area contributed by atoms with Gasteiger partial charge in [-0.1, -0.05) is 13.8 Å². The lowest BCUT2D eigenvalue weighted by molar-refractivity contribution is 0.443. The van der Waals surface area contributed by atoms with Crippen LogP contribution in [0.3, 0.4) is 0 Å². The molecule has 1 aliphatic rings. The van der Waals surface area contributed by atoms with Crippen molar-refractivity contribution in [2.24, 2.45) is 5.92 Å². The Kier molecular flexibility index (Phi) is 4.57. The van der Waals surface area contributed by atoms with Gasteiger partial charge in [0.05, 0.1) is 6.54 Å². The van der Waals surface area contributed by atoms with Crippen molar-refractivity contribution in [3.63, 3.8) is 0 Å². The number of rotatable bonds is 7. The van der Waals surface area contributed by atoms with Gasteiger partial charge in [0.1, 0.15) is 11.5 Å². The minimum absolute atomic E-state index is 0.695. The number of hydrogen-bond acceptors (Lipinski definition) is 3. The average molecular weight is 253 g/mol. The van der Waals surface area contributed by atoms with E-state index in [1.807, 2.05) is 11.8 Å². The van der Waals surface area contributed by atoms with E-state index >= 15 is 0 Å². The van der Waals surface area contributed by atoms with E-state index < -0.39 is 0 Å². The summed E-state index contributed by atoms with van der Waals surface area (Å²) < 4.78 is 5.84. The van der Waals surface area contributed by atoms with E-state index in [0.29, 0.717) is 5.92 Å². The molecule has 0 bridgehead atoms. The Hall–Kier alpha value is -0.410. The van der Waals surface area contributed by atoms with E-state index in [1.54, 1.807) is 0 Å². The Labute approximate surface area is 109 Å². The van der Waals surface area contributed by atoms with Crippen LogP contribution in [0.25, 0.3) is 0 Å². The largest absolute Gasteiger partial charge is 0.464 e. The van der Waals surface area contributed by atoms with Crippen molar-refractivity contribution in [3.8, 4) is 0 Å². The molecule has 1 saturated carbocycles. The standard InChI is InChI=1S/C14H23NOS/c1-10-8-13(10)14-5-4-12(16-14)9-15-7-6-11(2)17-3/h4-5,10-11,13,15H,6-9H2,1-3H3. The molecule has 1 aromatic heterocycles. The molecule has 1 heterocycles. The molecule has 0 amide bonds. The first-order valence-corrected chi connectivity index (χ1v) is 7.81. The zero-order valence-corrected chi connectivity index (χ0v) is 11.8. The highest BCUT2D eigenvalue weighted by Gasteiger charge is 2.36. The first-order valence-electron chi connectivity index (χ1n) is 6.52. The summed E-state index contributed by atoms with van der Waals surface area (Å²) in [5.41, 5.74) is 0. The minimum Gasteiger partial charge on any atom is -0.464 e. The molecule has 1 aromatic rings. The molecule has 0 aromatic carbocycles. The normalized spacial score (nSPS) is 24.9. The molecule has 1 fully saturated rings. The van der Waals surface area contributed by atoms with Crippen molar-refractivity contribution < 1.29 is 4.42 Å². The summed E-state index contributed by atoms with van der Waals surface area (Å²) in [4.78, 5) is 0. The molecule has 3 unspecified atom stereocenters. The third-order valence-corrected chi connectivity index (χ3v) is 4.63. The van der Waals surface area contributed by atoms with Gasteiger partial charge in [-0.05, 0) is 43.7 Å². The van der Waals surface area contributed by atoms with Crippen LogP contribution in [-0.4, -0.2) is 18.1 Å². The van der Waals surface area contributed by atoms with Crippen molar-refractivity contribution >= 4 is 11.8 Å². The molecule has 0 radical (unpaired) electrons. The Bertz CT molecular complexity index is 350. The van der Waals surface area contributed by atoms with Crippen LogP contribution in [0.4, 0.5) is 0 Å². The van der Waals surface area contributed by atoms with E-state index in [-0.39, 0.29) is 0 Å². The second-order valence-electron chi connectivity index (χ2n) is 5.14. The number of hydrogen-bond donors (Lipinski definition) is 1. The van der Waals surface area contributed by atoms with Gasteiger partial charge in [-0.3, -0.25) is 0 Å². The highest BCUT2D eigenvalue weighted by Crippen LogP contribution is 2.47. The molecule has 0 aliphatic heterocycles. The first-order chi connectivity index (χ1) is 8.20. The van der Waals surface area contributed by atoms with Gasteiger partial charge in [0.25, 0.3) is 0 Å². The van der Waals surface area contributed by atoms with E-state index in [4.69, 9.17) is 4.42 Å². The van der Waals surface area contributed by atoms with E-state index in [1.165, 1.54) is 18.6 Å². The van der Waals surface area contributed by atoms with Gasteiger partial charge in [-0.25, -0.2) is 0 Å². The van der Waals surface area contributed by atoms with Crippen LogP contribution in [-0.2, 0) is 6.54 Å². The van der Waals surface area contributed by atoms with Gasteiger partial charge in [0.2, 0.25) is 0 Å². The van der Waals surface area contributed by atoms with Crippen molar-refractivity contribution in [1.82, 2.24) is 5.32 Å². The third kappa shape index (κ3) is 3.78. The molecule has 0 spiro atoms. The van der Waals surface area contributed by atoms with E-state index in [2.05, 4.69) is 37.6 Å². The molecule has 3 atom stereocenters. The molecular weight excluding hydrogens is 230 g/mol. The Morgan fingerprint density at radius 3 is 2.94 bits per heavy atom. The predicted octanol–water partition coefficient (Wildman–Crippen LogP) is 3.63. The summed E-state index contributed by atoms with van der Waals surface area (Å²) in [6.45, 7) is 6.49. The maximum Gasteiger partial charge on any atom is 0.117 e. The van der Waals surface area contributed by atoms with Crippen LogP contribution >= 0.6 is 11.8 Å². The summed E-state index contributed by atoms with van der Waals surface area (Å²) in [5, 5.41) is 4.18. The molecule has 0 saturated heterocycles. The maximum atomic E-state index is 5.84. The zero-order valence-electron chi connectivity index (χ0n) is 11.0. The molecular formula is C14H23NOS. The van der Waals surface area contributed by atoms with Gasteiger partial charge >= 0.3 is 0 Å². The van der Waals surface area contributed by atoms with Gasteiger partial charge in [-0.2, -0.15) is 11.8 Å². The lowest BCUT2D eigenvalue weighted by Crippen LogP contribution is -2.17. The molecule has 3 heteroatoms. The zero-order chi connectivity index (χ0) is 12.3. The summed E-state index contributed by atoms with van der Waals surface area (Å²) in [7, 11) is 0. The minimum atomic E-state index is 0.695. The molecule has 1 N–H and O–H groups in total. The van der Waals surface area contributed by atoms with E-state index in [0.717, 1.165) is 30.0 Å². The van der Waals surface area contributed by atoms with Gasteiger partial charge in [0.15, 0.2) is 0 Å². The number of furan rings is 1. The van der Waals surface area contributed by atoms with Gasteiger partial charge in [0, 0.05) is 11.2 Å².